The molecular formula is C12H18N2O2S. The molecule has 0 saturated carbocycles. The summed E-state index contributed by atoms with van der Waals surface area (Å²) in [5.74, 6) is 0.639. The van der Waals surface area contributed by atoms with Gasteiger partial charge >= 0.3 is 0 Å². The van der Waals surface area contributed by atoms with E-state index in [2.05, 4.69) is 9.38 Å². The third-order valence-electron chi connectivity index (χ3n) is 2.08. The highest BCUT2D eigenvalue weighted by molar-refractivity contribution is 7.85. The number of aromatic nitrogens is 1. The molecule has 0 spiro atoms. The Morgan fingerprint density at radius 2 is 2.12 bits per heavy atom. The SMILES string of the molecule is COc1cccnc1/C(C)=N/S(=O)C(C)(C)C. The van der Waals surface area contributed by atoms with Crippen LogP contribution in [0.4, 0.5) is 0 Å². The molecule has 0 amide bonds. The summed E-state index contributed by atoms with van der Waals surface area (Å²) in [6.45, 7) is 7.44. The molecule has 4 nitrogen and oxygen atoms in total. The Morgan fingerprint density at radius 3 is 2.65 bits per heavy atom. The minimum Gasteiger partial charge on any atom is -0.494 e. The van der Waals surface area contributed by atoms with Crippen LogP contribution in [0.1, 0.15) is 33.4 Å². The van der Waals surface area contributed by atoms with Gasteiger partial charge in [-0.05, 0) is 39.8 Å². The zero-order valence-electron chi connectivity index (χ0n) is 10.9. The molecule has 0 saturated heterocycles. The van der Waals surface area contributed by atoms with Gasteiger partial charge in [0.25, 0.3) is 0 Å². The van der Waals surface area contributed by atoms with Gasteiger partial charge in [0.05, 0.1) is 17.6 Å². The Kier molecular flexibility index (Phi) is 4.40. The number of methoxy groups -OCH3 is 1. The fourth-order valence-electron chi connectivity index (χ4n) is 1.13. The molecule has 1 heterocycles. The minimum atomic E-state index is -1.29. The van der Waals surface area contributed by atoms with E-state index in [4.69, 9.17) is 4.74 Å². The zero-order valence-corrected chi connectivity index (χ0v) is 11.7. The second kappa shape index (κ2) is 5.40. The molecule has 5 heteroatoms. The number of hydrogen-bond acceptors (Lipinski definition) is 3. The highest BCUT2D eigenvalue weighted by Gasteiger charge is 2.20. The van der Waals surface area contributed by atoms with Crippen LogP contribution in [-0.2, 0) is 11.0 Å². The fraction of sp³-hybridized carbons (Fsp3) is 0.500. The minimum absolute atomic E-state index is 0.372. The van der Waals surface area contributed by atoms with Gasteiger partial charge in [-0.3, -0.25) is 4.98 Å². The van der Waals surface area contributed by atoms with Gasteiger partial charge in [-0.25, -0.2) is 4.21 Å². The first-order valence-corrected chi connectivity index (χ1v) is 6.43. The molecule has 1 aromatic heterocycles. The highest BCUT2D eigenvalue weighted by Crippen LogP contribution is 2.18. The maximum atomic E-state index is 11.9. The number of nitrogens with zero attached hydrogens (tertiary/aromatic N) is 2. The van der Waals surface area contributed by atoms with Crippen molar-refractivity contribution in [3.8, 4) is 5.75 Å². The maximum absolute atomic E-state index is 11.9. The third kappa shape index (κ3) is 3.63. The van der Waals surface area contributed by atoms with E-state index in [1.807, 2.05) is 20.8 Å². The summed E-state index contributed by atoms with van der Waals surface area (Å²) in [4.78, 5) is 4.19. The summed E-state index contributed by atoms with van der Waals surface area (Å²) in [6.07, 6.45) is 1.66. The van der Waals surface area contributed by atoms with Gasteiger partial charge in [-0.2, -0.15) is 4.40 Å². The molecule has 0 bridgehead atoms. The summed E-state index contributed by atoms with van der Waals surface area (Å²) in [5.41, 5.74) is 1.25. The lowest BCUT2D eigenvalue weighted by atomic mass is 10.2. The van der Waals surface area contributed by atoms with Crippen molar-refractivity contribution in [1.82, 2.24) is 4.98 Å². The van der Waals surface area contributed by atoms with Crippen LogP contribution in [0, 0.1) is 0 Å². The van der Waals surface area contributed by atoms with Crippen LogP contribution in [0.25, 0.3) is 0 Å². The predicted octanol–water partition coefficient (Wildman–Crippen LogP) is 2.36. The molecule has 1 unspecified atom stereocenters. The first kappa shape index (κ1) is 13.8. The molecule has 0 aliphatic heterocycles. The van der Waals surface area contributed by atoms with E-state index < -0.39 is 11.0 Å². The van der Waals surface area contributed by atoms with Crippen molar-refractivity contribution in [2.24, 2.45) is 4.40 Å². The van der Waals surface area contributed by atoms with Crippen LogP contribution in [0.3, 0.4) is 0 Å². The molecule has 1 aromatic rings. The molecule has 94 valence electrons. The summed E-state index contributed by atoms with van der Waals surface area (Å²) in [7, 11) is 0.292. The van der Waals surface area contributed by atoms with Crippen molar-refractivity contribution in [2.75, 3.05) is 7.11 Å². The molecule has 0 radical (unpaired) electrons. The van der Waals surface area contributed by atoms with Crippen LogP contribution >= 0.6 is 0 Å². The van der Waals surface area contributed by atoms with Crippen LogP contribution in [0.15, 0.2) is 22.7 Å². The fourth-order valence-corrected chi connectivity index (χ4v) is 1.74. The van der Waals surface area contributed by atoms with E-state index in [0.29, 0.717) is 17.2 Å². The lowest BCUT2D eigenvalue weighted by Gasteiger charge is -2.14. The molecule has 0 fully saturated rings. The summed E-state index contributed by atoms with van der Waals surface area (Å²) in [5, 5.41) is 0. The average molecular weight is 254 g/mol. The first-order chi connectivity index (χ1) is 7.86. The lowest BCUT2D eigenvalue weighted by Crippen LogP contribution is -2.21. The predicted molar refractivity (Wildman–Crippen MR) is 70.9 cm³/mol. The van der Waals surface area contributed by atoms with Crippen molar-refractivity contribution in [3.05, 3.63) is 24.0 Å². The molecule has 17 heavy (non-hydrogen) atoms. The largest absolute Gasteiger partial charge is 0.494 e. The maximum Gasteiger partial charge on any atom is 0.146 e. The van der Waals surface area contributed by atoms with Gasteiger partial charge in [0.2, 0.25) is 0 Å². The molecule has 0 aliphatic rings. The van der Waals surface area contributed by atoms with E-state index in [1.165, 1.54) is 0 Å². The Hall–Kier alpha value is -1.23. The van der Waals surface area contributed by atoms with Gasteiger partial charge in [-0.1, -0.05) is 0 Å². The first-order valence-electron chi connectivity index (χ1n) is 5.33. The van der Waals surface area contributed by atoms with Gasteiger partial charge in [0, 0.05) is 6.20 Å². The van der Waals surface area contributed by atoms with Gasteiger partial charge < -0.3 is 4.74 Å². The van der Waals surface area contributed by atoms with Gasteiger partial charge in [-0.15, -0.1) is 0 Å². The van der Waals surface area contributed by atoms with Crippen LogP contribution in [-0.4, -0.2) is 26.8 Å². The monoisotopic (exact) mass is 254 g/mol. The Labute approximate surface area is 105 Å². The molecule has 1 atom stereocenters. The average Bonchev–Trinajstić information content (AvgIpc) is 2.27. The topological polar surface area (TPSA) is 51.6 Å². The highest BCUT2D eigenvalue weighted by atomic mass is 32.2. The third-order valence-corrected chi connectivity index (χ3v) is 3.56. The van der Waals surface area contributed by atoms with Crippen molar-refractivity contribution in [2.45, 2.75) is 32.4 Å². The smallest absolute Gasteiger partial charge is 0.146 e. The Morgan fingerprint density at radius 1 is 1.47 bits per heavy atom. The summed E-state index contributed by atoms with van der Waals surface area (Å²) in [6, 6.07) is 3.59. The molecule has 0 aromatic carbocycles. The quantitative estimate of drug-likeness (QED) is 0.778. The van der Waals surface area contributed by atoms with Gasteiger partial charge in [0.15, 0.2) is 0 Å². The Balaban J connectivity index is 3.08. The van der Waals surface area contributed by atoms with E-state index >= 15 is 0 Å². The van der Waals surface area contributed by atoms with E-state index in [9.17, 15) is 4.21 Å². The number of pyridine rings is 1. The van der Waals surface area contributed by atoms with Crippen LogP contribution < -0.4 is 4.74 Å². The van der Waals surface area contributed by atoms with Crippen molar-refractivity contribution in [3.63, 3.8) is 0 Å². The second-order valence-corrected chi connectivity index (χ2v) is 6.50. The standard InChI is InChI=1S/C12H18N2O2S/c1-9(14-17(15)12(2,3)4)11-10(16-5)7-6-8-13-11/h6-8H,1-5H3/b14-9+. The lowest BCUT2D eigenvalue weighted by molar-refractivity contribution is 0.412. The molecule has 0 aliphatic carbocycles. The van der Waals surface area contributed by atoms with Crippen molar-refractivity contribution >= 4 is 16.7 Å². The number of rotatable bonds is 3. The summed E-state index contributed by atoms with van der Waals surface area (Å²) >= 11 is 0. The van der Waals surface area contributed by atoms with Crippen LogP contribution in [0.5, 0.6) is 5.75 Å². The van der Waals surface area contributed by atoms with Gasteiger partial charge in [0.1, 0.15) is 22.4 Å². The summed E-state index contributed by atoms with van der Waals surface area (Å²) < 4.78 is 20.9. The Bertz CT molecular complexity index is 450. The second-order valence-electron chi connectivity index (χ2n) is 4.59. The number of ether oxygens (including phenoxy) is 1. The van der Waals surface area contributed by atoms with E-state index in [1.54, 1.807) is 32.4 Å². The zero-order chi connectivity index (χ0) is 13.1. The normalized spacial score (nSPS) is 14.5. The molecule has 1 rings (SSSR count). The van der Waals surface area contributed by atoms with E-state index in [0.717, 1.165) is 0 Å². The van der Waals surface area contributed by atoms with Crippen molar-refractivity contribution < 1.29 is 8.95 Å². The van der Waals surface area contributed by atoms with E-state index in [-0.39, 0.29) is 4.75 Å². The molecular weight excluding hydrogens is 236 g/mol. The number of hydrogen-bond donors (Lipinski definition) is 0. The van der Waals surface area contributed by atoms with Crippen LogP contribution in [0.2, 0.25) is 0 Å². The van der Waals surface area contributed by atoms with Crippen molar-refractivity contribution in [1.29, 1.82) is 0 Å². The molecule has 0 N–H and O–H groups in total.